The molecule has 3 aromatic rings. The molecule has 0 saturated carbocycles. The first-order chi connectivity index (χ1) is 14.6. The summed E-state index contributed by atoms with van der Waals surface area (Å²) in [5.41, 5.74) is 2.39. The SMILES string of the molecule is CCNC(=O)Nc1ncc(CN2CCC(c3ccc(-n4cccn4)nc3C)CC2)o1. The number of aryl methyl sites for hydroxylation is 1. The lowest BCUT2D eigenvalue weighted by Gasteiger charge is -2.32. The average molecular weight is 409 g/mol. The number of nitrogens with one attached hydrogen (secondary N) is 2. The molecule has 1 fully saturated rings. The molecule has 3 aromatic heterocycles. The van der Waals surface area contributed by atoms with Crippen LogP contribution in [-0.2, 0) is 6.54 Å². The first-order valence-electron chi connectivity index (χ1n) is 10.3. The van der Waals surface area contributed by atoms with Gasteiger partial charge in [-0.25, -0.2) is 19.4 Å². The van der Waals surface area contributed by atoms with Crippen LogP contribution in [0.15, 0.2) is 41.2 Å². The maximum atomic E-state index is 11.6. The average Bonchev–Trinajstić information content (AvgIpc) is 3.41. The van der Waals surface area contributed by atoms with Gasteiger partial charge in [0.05, 0.1) is 12.7 Å². The zero-order valence-electron chi connectivity index (χ0n) is 17.3. The van der Waals surface area contributed by atoms with E-state index in [0.29, 0.717) is 19.0 Å². The van der Waals surface area contributed by atoms with Gasteiger partial charge in [-0.3, -0.25) is 10.2 Å². The number of oxazole rings is 1. The molecule has 9 nitrogen and oxygen atoms in total. The van der Waals surface area contributed by atoms with Crippen molar-refractivity contribution in [3.8, 4) is 5.82 Å². The van der Waals surface area contributed by atoms with Gasteiger partial charge < -0.3 is 9.73 Å². The molecule has 0 aliphatic carbocycles. The summed E-state index contributed by atoms with van der Waals surface area (Å²) >= 11 is 0. The number of aromatic nitrogens is 4. The zero-order chi connectivity index (χ0) is 20.9. The molecular weight excluding hydrogens is 382 g/mol. The summed E-state index contributed by atoms with van der Waals surface area (Å²) in [6.07, 6.45) is 7.48. The number of amides is 2. The molecule has 158 valence electrons. The summed E-state index contributed by atoms with van der Waals surface area (Å²) in [6, 6.07) is 6.04. The number of carbonyl (C=O) groups is 1. The molecule has 30 heavy (non-hydrogen) atoms. The number of urea groups is 1. The molecule has 1 aliphatic rings. The summed E-state index contributed by atoms with van der Waals surface area (Å²) in [5.74, 6) is 2.10. The molecule has 2 amide bonds. The van der Waals surface area contributed by atoms with Crippen molar-refractivity contribution in [3.63, 3.8) is 0 Å². The predicted molar refractivity (Wildman–Crippen MR) is 113 cm³/mol. The van der Waals surface area contributed by atoms with E-state index in [1.807, 2.05) is 25.3 Å². The van der Waals surface area contributed by atoms with Crippen LogP contribution in [-0.4, -0.2) is 50.3 Å². The smallest absolute Gasteiger partial charge is 0.322 e. The normalized spacial score (nSPS) is 15.3. The maximum Gasteiger partial charge on any atom is 0.322 e. The van der Waals surface area contributed by atoms with E-state index in [-0.39, 0.29) is 12.0 Å². The number of pyridine rings is 1. The van der Waals surface area contributed by atoms with Gasteiger partial charge in [0.15, 0.2) is 5.82 Å². The predicted octanol–water partition coefficient (Wildman–Crippen LogP) is 3.08. The van der Waals surface area contributed by atoms with E-state index in [1.54, 1.807) is 17.1 Å². The monoisotopic (exact) mass is 409 g/mol. The Labute approximate surface area is 175 Å². The molecule has 0 radical (unpaired) electrons. The summed E-state index contributed by atoms with van der Waals surface area (Å²) in [7, 11) is 0. The number of nitrogens with zero attached hydrogens (tertiary/aromatic N) is 5. The van der Waals surface area contributed by atoms with Crippen LogP contribution < -0.4 is 10.6 Å². The lowest BCUT2D eigenvalue weighted by atomic mass is 9.88. The number of carbonyl (C=O) groups excluding carboxylic acids is 1. The van der Waals surface area contributed by atoms with E-state index in [2.05, 4.69) is 38.6 Å². The molecule has 1 aliphatic heterocycles. The summed E-state index contributed by atoms with van der Waals surface area (Å²) < 4.78 is 7.42. The van der Waals surface area contributed by atoms with E-state index in [1.165, 1.54) is 5.56 Å². The van der Waals surface area contributed by atoms with Gasteiger partial charge in [0, 0.05) is 24.6 Å². The third kappa shape index (κ3) is 4.68. The van der Waals surface area contributed by atoms with Crippen LogP contribution in [0.3, 0.4) is 0 Å². The van der Waals surface area contributed by atoms with Crippen LogP contribution in [0.1, 0.15) is 42.7 Å². The Hall–Kier alpha value is -3.20. The molecular formula is C21H27N7O2. The Balaban J connectivity index is 1.31. The van der Waals surface area contributed by atoms with Gasteiger partial charge in [-0.05, 0) is 63.4 Å². The van der Waals surface area contributed by atoms with Gasteiger partial charge in [-0.15, -0.1) is 0 Å². The van der Waals surface area contributed by atoms with Crippen LogP contribution in [0.4, 0.5) is 10.8 Å². The Morgan fingerprint density at radius 1 is 1.30 bits per heavy atom. The Morgan fingerprint density at radius 2 is 2.13 bits per heavy atom. The molecule has 4 rings (SSSR count). The Bertz CT molecular complexity index is 975. The summed E-state index contributed by atoms with van der Waals surface area (Å²) in [6.45, 7) is 7.12. The molecule has 0 atom stereocenters. The highest BCUT2D eigenvalue weighted by atomic mass is 16.4. The largest absolute Gasteiger partial charge is 0.427 e. The molecule has 0 unspecified atom stereocenters. The van der Waals surface area contributed by atoms with Gasteiger partial charge in [-0.2, -0.15) is 5.10 Å². The van der Waals surface area contributed by atoms with E-state index < -0.39 is 0 Å². The Kier molecular flexibility index (Phi) is 6.08. The highest BCUT2D eigenvalue weighted by Crippen LogP contribution is 2.30. The second-order valence-electron chi connectivity index (χ2n) is 7.46. The topological polar surface area (TPSA) is 101 Å². The van der Waals surface area contributed by atoms with Crippen LogP contribution in [0.25, 0.3) is 5.82 Å². The molecule has 0 aromatic carbocycles. The van der Waals surface area contributed by atoms with Crippen molar-refractivity contribution in [2.75, 3.05) is 25.0 Å². The van der Waals surface area contributed by atoms with E-state index in [0.717, 1.165) is 43.2 Å². The highest BCUT2D eigenvalue weighted by molar-refractivity contribution is 5.86. The first-order valence-corrected chi connectivity index (χ1v) is 10.3. The standard InChI is InChI=1S/C21H27N7O2/c1-3-22-20(29)26-21-23-13-17(30-21)14-27-11-7-16(8-12-27)18-5-6-19(25-15(18)2)28-10-4-9-24-28/h4-6,9-10,13,16H,3,7-8,11-12,14H2,1-2H3,(H2,22,23,26,29). The van der Waals surface area contributed by atoms with Crippen molar-refractivity contribution in [1.82, 2.24) is 30.0 Å². The minimum atomic E-state index is -0.311. The minimum Gasteiger partial charge on any atom is -0.427 e. The van der Waals surface area contributed by atoms with E-state index >= 15 is 0 Å². The van der Waals surface area contributed by atoms with Crippen molar-refractivity contribution in [3.05, 3.63) is 53.8 Å². The maximum absolute atomic E-state index is 11.6. The highest BCUT2D eigenvalue weighted by Gasteiger charge is 2.23. The fourth-order valence-corrected chi connectivity index (χ4v) is 3.88. The van der Waals surface area contributed by atoms with Crippen molar-refractivity contribution in [2.45, 2.75) is 39.2 Å². The zero-order valence-corrected chi connectivity index (χ0v) is 17.3. The molecule has 1 saturated heterocycles. The van der Waals surface area contributed by atoms with Crippen molar-refractivity contribution in [2.24, 2.45) is 0 Å². The molecule has 0 spiro atoms. The van der Waals surface area contributed by atoms with Crippen molar-refractivity contribution >= 4 is 12.0 Å². The quantitative estimate of drug-likeness (QED) is 0.649. The third-order valence-electron chi connectivity index (χ3n) is 5.37. The van der Waals surface area contributed by atoms with E-state index in [4.69, 9.17) is 9.40 Å². The van der Waals surface area contributed by atoms with Gasteiger partial charge in [0.2, 0.25) is 0 Å². The third-order valence-corrected chi connectivity index (χ3v) is 5.37. The van der Waals surface area contributed by atoms with Gasteiger partial charge in [0.1, 0.15) is 5.76 Å². The summed E-state index contributed by atoms with van der Waals surface area (Å²) in [5, 5.41) is 9.49. The molecule has 4 heterocycles. The number of hydrogen-bond acceptors (Lipinski definition) is 6. The fourth-order valence-electron chi connectivity index (χ4n) is 3.88. The number of rotatable bonds is 6. The number of likely N-dealkylation sites (tertiary alicyclic amines) is 1. The summed E-state index contributed by atoms with van der Waals surface area (Å²) in [4.78, 5) is 22.8. The van der Waals surface area contributed by atoms with Gasteiger partial charge in [-0.1, -0.05) is 6.07 Å². The lowest BCUT2D eigenvalue weighted by molar-refractivity contribution is 0.191. The van der Waals surface area contributed by atoms with Crippen LogP contribution >= 0.6 is 0 Å². The Morgan fingerprint density at radius 3 is 2.83 bits per heavy atom. The minimum absolute atomic E-state index is 0.227. The van der Waals surface area contributed by atoms with Crippen LogP contribution in [0, 0.1) is 6.92 Å². The molecule has 9 heteroatoms. The van der Waals surface area contributed by atoms with E-state index in [9.17, 15) is 4.79 Å². The molecule has 2 N–H and O–H groups in total. The number of piperidine rings is 1. The second kappa shape index (κ2) is 9.08. The second-order valence-corrected chi connectivity index (χ2v) is 7.46. The lowest BCUT2D eigenvalue weighted by Crippen LogP contribution is -2.32. The molecule has 0 bridgehead atoms. The number of anilines is 1. The van der Waals surface area contributed by atoms with Crippen LogP contribution in [0.5, 0.6) is 0 Å². The first kappa shape index (κ1) is 20.1. The van der Waals surface area contributed by atoms with Crippen molar-refractivity contribution < 1.29 is 9.21 Å². The fraction of sp³-hybridized carbons (Fsp3) is 0.429. The van der Waals surface area contributed by atoms with Crippen molar-refractivity contribution in [1.29, 1.82) is 0 Å². The van der Waals surface area contributed by atoms with Crippen LogP contribution in [0.2, 0.25) is 0 Å². The van der Waals surface area contributed by atoms with Gasteiger partial charge in [0.25, 0.3) is 0 Å². The number of hydrogen-bond donors (Lipinski definition) is 2. The van der Waals surface area contributed by atoms with Gasteiger partial charge >= 0.3 is 12.0 Å².